The largest absolute Gasteiger partial charge is 0.469 e. The highest BCUT2D eigenvalue weighted by Crippen LogP contribution is 2.32. The molecule has 5 nitrogen and oxygen atoms in total. The molecule has 0 bridgehead atoms. The molecular weight excluding hydrogens is 338 g/mol. The van der Waals surface area contributed by atoms with Crippen molar-refractivity contribution in [3.8, 4) is 0 Å². The molecule has 144 valence electrons. The first kappa shape index (κ1) is 18.2. The second kappa shape index (κ2) is 8.70. The van der Waals surface area contributed by atoms with Gasteiger partial charge in [-0.1, -0.05) is 6.07 Å². The van der Waals surface area contributed by atoms with Crippen molar-refractivity contribution in [2.24, 2.45) is 11.8 Å². The number of aromatic nitrogens is 1. The maximum Gasteiger partial charge on any atom is 0.223 e. The monoisotopic (exact) mass is 367 g/mol. The molecule has 0 saturated carbocycles. The van der Waals surface area contributed by atoms with Gasteiger partial charge in [0.2, 0.25) is 5.91 Å². The molecule has 4 rings (SSSR count). The number of piperidine rings is 1. The second-order valence-electron chi connectivity index (χ2n) is 7.94. The molecule has 2 aliphatic rings. The minimum atomic E-state index is 0.280. The van der Waals surface area contributed by atoms with Crippen LogP contribution in [0.5, 0.6) is 0 Å². The van der Waals surface area contributed by atoms with E-state index < -0.39 is 0 Å². The number of hydrogen-bond acceptors (Lipinski definition) is 4. The minimum Gasteiger partial charge on any atom is -0.469 e. The fourth-order valence-corrected chi connectivity index (χ4v) is 4.57. The van der Waals surface area contributed by atoms with Gasteiger partial charge < -0.3 is 9.32 Å². The van der Waals surface area contributed by atoms with Gasteiger partial charge in [0.25, 0.3) is 0 Å². The van der Waals surface area contributed by atoms with Gasteiger partial charge >= 0.3 is 0 Å². The molecule has 0 N–H and O–H groups in total. The van der Waals surface area contributed by atoms with Crippen LogP contribution < -0.4 is 0 Å². The van der Waals surface area contributed by atoms with Gasteiger partial charge in [-0.05, 0) is 68.0 Å². The number of carbonyl (C=O) groups is 1. The van der Waals surface area contributed by atoms with Crippen molar-refractivity contribution in [1.82, 2.24) is 14.8 Å². The molecule has 5 heteroatoms. The first-order valence-electron chi connectivity index (χ1n) is 10.2. The predicted molar refractivity (Wildman–Crippen MR) is 104 cm³/mol. The molecule has 0 radical (unpaired) electrons. The smallest absolute Gasteiger partial charge is 0.223 e. The van der Waals surface area contributed by atoms with Crippen molar-refractivity contribution in [2.45, 2.75) is 38.6 Å². The zero-order valence-corrected chi connectivity index (χ0v) is 15.9. The Morgan fingerprint density at radius 1 is 1.11 bits per heavy atom. The van der Waals surface area contributed by atoms with Gasteiger partial charge in [0, 0.05) is 44.9 Å². The summed E-state index contributed by atoms with van der Waals surface area (Å²) in [6, 6.07) is 7.99. The van der Waals surface area contributed by atoms with Gasteiger partial charge in [0.15, 0.2) is 0 Å². The Labute approximate surface area is 161 Å². The van der Waals surface area contributed by atoms with Crippen molar-refractivity contribution >= 4 is 5.91 Å². The third kappa shape index (κ3) is 4.78. The van der Waals surface area contributed by atoms with Crippen LogP contribution in [0.25, 0.3) is 0 Å². The lowest BCUT2D eigenvalue weighted by molar-refractivity contribution is -0.130. The van der Waals surface area contributed by atoms with E-state index in [1.807, 2.05) is 30.6 Å². The molecule has 2 aromatic rings. The number of hydrogen-bond donors (Lipinski definition) is 0. The molecule has 2 aromatic heterocycles. The third-order valence-electron chi connectivity index (χ3n) is 6.17. The fourth-order valence-electron chi connectivity index (χ4n) is 4.57. The molecule has 1 atom stereocenters. The summed E-state index contributed by atoms with van der Waals surface area (Å²) in [4.78, 5) is 21.3. The predicted octanol–water partition coefficient (Wildman–Crippen LogP) is 3.37. The maximum absolute atomic E-state index is 12.5. The second-order valence-corrected chi connectivity index (χ2v) is 7.94. The van der Waals surface area contributed by atoms with Crippen LogP contribution in [0, 0.1) is 11.8 Å². The number of carbonyl (C=O) groups excluding carboxylic acids is 1. The summed E-state index contributed by atoms with van der Waals surface area (Å²) in [7, 11) is 0. The number of rotatable bonds is 6. The molecule has 2 saturated heterocycles. The fraction of sp³-hybridized carbons (Fsp3) is 0.545. The van der Waals surface area contributed by atoms with E-state index in [2.05, 4.69) is 20.9 Å². The Hall–Kier alpha value is -2.14. The third-order valence-corrected chi connectivity index (χ3v) is 6.17. The van der Waals surface area contributed by atoms with Crippen LogP contribution in [0.15, 0.2) is 47.3 Å². The van der Waals surface area contributed by atoms with E-state index in [1.54, 1.807) is 6.26 Å². The lowest BCUT2D eigenvalue weighted by Crippen LogP contribution is -2.37. The molecule has 0 aliphatic carbocycles. The topological polar surface area (TPSA) is 49.6 Å². The SMILES string of the molecule is O=C(CCc1ccco1)N1CCC(C2CCN(Cc3cccnc3)CC2)C1. The molecule has 1 unspecified atom stereocenters. The van der Waals surface area contributed by atoms with Gasteiger partial charge in [0.1, 0.15) is 5.76 Å². The Balaban J connectivity index is 1.20. The van der Waals surface area contributed by atoms with Crippen LogP contribution in [0.4, 0.5) is 0 Å². The van der Waals surface area contributed by atoms with Crippen LogP contribution in [-0.4, -0.2) is 46.9 Å². The van der Waals surface area contributed by atoms with Crippen molar-refractivity contribution in [2.75, 3.05) is 26.2 Å². The molecule has 4 heterocycles. The highest BCUT2D eigenvalue weighted by molar-refractivity contribution is 5.76. The summed E-state index contributed by atoms with van der Waals surface area (Å²) >= 11 is 0. The van der Waals surface area contributed by atoms with Crippen LogP contribution >= 0.6 is 0 Å². The highest BCUT2D eigenvalue weighted by atomic mass is 16.3. The standard InChI is InChI=1S/C22H29N3O2/c26-22(6-5-21-4-2-14-27-21)25-13-9-20(17-25)19-7-11-24(12-8-19)16-18-3-1-10-23-15-18/h1-4,10,14-15,19-20H,5-9,11-13,16-17H2. The van der Waals surface area contributed by atoms with E-state index in [9.17, 15) is 4.79 Å². The normalized spacial score (nSPS) is 21.6. The number of nitrogens with zero attached hydrogens (tertiary/aromatic N) is 3. The lowest BCUT2D eigenvalue weighted by atomic mass is 9.83. The lowest BCUT2D eigenvalue weighted by Gasteiger charge is -2.34. The number of amides is 1. The number of furan rings is 1. The van der Waals surface area contributed by atoms with Gasteiger partial charge in [-0.3, -0.25) is 14.7 Å². The summed E-state index contributed by atoms with van der Waals surface area (Å²) in [6.45, 7) is 5.19. The van der Waals surface area contributed by atoms with E-state index in [0.29, 0.717) is 18.8 Å². The Morgan fingerprint density at radius 2 is 1.96 bits per heavy atom. The molecular formula is C22H29N3O2. The Bertz CT molecular complexity index is 708. The average Bonchev–Trinajstić information content (AvgIpc) is 3.40. The summed E-state index contributed by atoms with van der Waals surface area (Å²) in [5, 5.41) is 0. The average molecular weight is 367 g/mol. The van der Waals surface area contributed by atoms with Gasteiger partial charge in [-0.25, -0.2) is 0 Å². The van der Waals surface area contributed by atoms with Crippen molar-refractivity contribution in [1.29, 1.82) is 0 Å². The van der Waals surface area contributed by atoms with E-state index >= 15 is 0 Å². The zero-order chi connectivity index (χ0) is 18.5. The highest BCUT2D eigenvalue weighted by Gasteiger charge is 2.33. The van der Waals surface area contributed by atoms with Gasteiger partial charge in [-0.15, -0.1) is 0 Å². The molecule has 27 heavy (non-hydrogen) atoms. The van der Waals surface area contributed by atoms with Gasteiger partial charge in [0.05, 0.1) is 6.26 Å². The Kier molecular flexibility index (Phi) is 5.87. The van der Waals surface area contributed by atoms with Crippen molar-refractivity contribution < 1.29 is 9.21 Å². The zero-order valence-electron chi connectivity index (χ0n) is 15.9. The summed E-state index contributed by atoms with van der Waals surface area (Å²) < 4.78 is 5.34. The van der Waals surface area contributed by atoms with Gasteiger partial charge in [-0.2, -0.15) is 0 Å². The summed E-state index contributed by atoms with van der Waals surface area (Å²) in [5.41, 5.74) is 1.30. The van der Waals surface area contributed by atoms with E-state index in [0.717, 1.165) is 44.4 Å². The van der Waals surface area contributed by atoms with Crippen LogP contribution in [-0.2, 0) is 17.8 Å². The van der Waals surface area contributed by atoms with Crippen LogP contribution in [0.1, 0.15) is 37.0 Å². The van der Waals surface area contributed by atoms with Crippen LogP contribution in [0.2, 0.25) is 0 Å². The molecule has 2 fully saturated rings. The molecule has 2 aliphatic heterocycles. The van der Waals surface area contributed by atoms with Crippen molar-refractivity contribution in [3.05, 3.63) is 54.2 Å². The Morgan fingerprint density at radius 3 is 2.70 bits per heavy atom. The minimum absolute atomic E-state index is 0.280. The summed E-state index contributed by atoms with van der Waals surface area (Å²) in [5.74, 6) is 2.62. The van der Waals surface area contributed by atoms with E-state index in [1.165, 1.54) is 24.8 Å². The van der Waals surface area contributed by atoms with Crippen LogP contribution in [0.3, 0.4) is 0 Å². The first-order chi connectivity index (χ1) is 13.3. The first-order valence-corrected chi connectivity index (χ1v) is 10.2. The number of pyridine rings is 1. The quantitative estimate of drug-likeness (QED) is 0.785. The number of likely N-dealkylation sites (tertiary alicyclic amines) is 2. The molecule has 1 amide bonds. The van der Waals surface area contributed by atoms with Crippen molar-refractivity contribution in [3.63, 3.8) is 0 Å². The molecule has 0 aromatic carbocycles. The maximum atomic E-state index is 12.5. The number of aryl methyl sites for hydroxylation is 1. The molecule has 0 spiro atoms. The van der Waals surface area contributed by atoms with E-state index in [4.69, 9.17) is 4.42 Å². The van der Waals surface area contributed by atoms with E-state index in [-0.39, 0.29) is 5.91 Å². The summed E-state index contributed by atoms with van der Waals surface area (Å²) in [6.07, 6.45) is 10.4.